The van der Waals surface area contributed by atoms with Crippen molar-refractivity contribution in [1.82, 2.24) is 0 Å². The molecule has 2 rings (SSSR count). The maximum Gasteiger partial charge on any atom is 0.0796 e. The van der Waals surface area contributed by atoms with Gasteiger partial charge in [-0.1, -0.05) is 61.4 Å². The number of fused-ring (bicyclic) bond motifs is 1. The van der Waals surface area contributed by atoms with Crippen LogP contribution in [0.4, 0.5) is 0 Å². The fourth-order valence-corrected chi connectivity index (χ4v) is 2.50. The third kappa shape index (κ3) is 3.68. The van der Waals surface area contributed by atoms with E-state index in [1.165, 1.54) is 17.2 Å². The van der Waals surface area contributed by atoms with Crippen molar-refractivity contribution in [3.8, 4) is 0 Å². The molecule has 0 fully saturated rings. The second-order valence-electron chi connectivity index (χ2n) is 5.01. The Labute approximate surface area is 115 Å². The summed E-state index contributed by atoms with van der Waals surface area (Å²) in [6, 6.07) is 14.4. The third-order valence-corrected chi connectivity index (χ3v) is 3.57. The molecule has 0 aromatic heterocycles. The molecule has 19 heavy (non-hydrogen) atoms. The van der Waals surface area contributed by atoms with Gasteiger partial charge in [-0.3, -0.25) is 0 Å². The van der Waals surface area contributed by atoms with E-state index in [2.05, 4.69) is 24.8 Å². The number of hydrogen-bond acceptors (Lipinski definition) is 1. The number of hydrogen-bond donors (Lipinski definition) is 1. The Morgan fingerprint density at radius 2 is 1.79 bits per heavy atom. The minimum Gasteiger partial charge on any atom is -0.388 e. The summed E-state index contributed by atoms with van der Waals surface area (Å²) in [4.78, 5) is 0. The highest BCUT2D eigenvalue weighted by atomic mass is 16.3. The van der Waals surface area contributed by atoms with Gasteiger partial charge in [0, 0.05) is 0 Å². The van der Waals surface area contributed by atoms with Gasteiger partial charge in [0.05, 0.1) is 6.10 Å². The zero-order valence-electron chi connectivity index (χ0n) is 11.4. The molecule has 0 radical (unpaired) electrons. The van der Waals surface area contributed by atoms with Crippen LogP contribution in [-0.2, 0) is 0 Å². The molecule has 100 valence electrons. The van der Waals surface area contributed by atoms with E-state index in [1.807, 2.05) is 30.3 Å². The van der Waals surface area contributed by atoms with Crippen molar-refractivity contribution in [3.63, 3.8) is 0 Å². The van der Waals surface area contributed by atoms with Crippen LogP contribution in [0.15, 0.2) is 55.1 Å². The number of aliphatic hydroxyl groups excluding tert-OH is 1. The molecule has 1 nitrogen and oxygen atoms in total. The SMILES string of the molecule is C=CCCCCCC(O)c1cccc2ccccc12. The first-order valence-corrected chi connectivity index (χ1v) is 7.09. The first-order chi connectivity index (χ1) is 9.33. The van der Waals surface area contributed by atoms with Crippen molar-refractivity contribution in [2.75, 3.05) is 0 Å². The highest BCUT2D eigenvalue weighted by molar-refractivity contribution is 5.85. The van der Waals surface area contributed by atoms with Crippen molar-refractivity contribution in [1.29, 1.82) is 0 Å². The highest BCUT2D eigenvalue weighted by Gasteiger charge is 2.10. The van der Waals surface area contributed by atoms with Crippen LogP contribution in [-0.4, -0.2) is 5.11 Å². The Morgan fingerprint density at radius 3 is 2.63 bits per heavy atom. The lowest BCUT2D eigenvalue weighted by Crippen LogP contribution is -1.98. The molecule has 0 aliphatic rings. The molecule has 0 aliphatic heterocycles. The van der Waals surface area contributed by atoms with Gasteiger partial charge in [0.1, 0.15) is 0 Å². The molecule has 2 aromatic rings. The normalized spacial score (nSPS) is 12.5. The summed E-state index contributed by atoms with van der Waals surface area (Å²) in [6.07, 6.45) is 6.92. The van der Waals surface area contributed by atoms with E-state index in [9.17, 15) is 5.11 Å². The Balaban J connectivity index is 2.01. The molecule has 0 aliphatic carbocycles. The van der Waals surface area contributed by atoms with Crippen LogP contribution in [0, 0.1) is 0 Å². The molecule has 0 bridgehead atoms. The molecule has 0 saturated carbocycles. The van der Waals surface area contributed by atoms with Crippen molar-refractivity contribution in [2.45, 2.75) is 38.2 Å². The molecule has 0 saturated heterocycles. The first-order valence-electron chi connectivity index (χ1n) is 7.09. The van der Waals surface area contributed by atoms with Gasteiger partial charge < -0.3 is 5.11 Å². The Bertz CT molecular complexity index is 525. The molecule has 1 heteroatoms. The zero-order chi connectivity index (χ0) is 13.5. The van der Waals surface area contributed by atoms with Gasteiger partial charge in [-0.2, -0.15) is 0 Å². The minimum atomic E-state index is -0.352. The minimum absolute atomic E-state index is 0.352. The van der Waals surface area contributed by atoms with E-state index >= 15 is 0 Å². The number of aliphatic hydroxyl groups is 1. The van der Waals surface area contributed by atoms with Crippen LogP contribution in [0.5, 0.6) is 0 Å². The summed E-state index contributed by atoms with van der Waals surface area (Å²) in [6.45, 7) is 3.73. The average molecular weight is 254 g/mol. The maximum atomic E-state index is 10.4. The van der Waals surface area contributed by atoms with E-state index < -0.39 is 0 Å². The van der Waals surface area contributed by atoms with E-state index in [0.717, 1.165) is 31.2 Å². The topological polar surface area (TPSA) is 20.2 Å². The molecule has 0 heterocycles. The number of rotatable bonds is 7. The molecule has 1 atom stereocenters. The monoisotopic (exact) mass is 254 g/mol. The van der Waals surface area contributed by atoms with Crippen LogP contribution in [0.3, 0.4) is 0 Å². The molecule has 1 unspecified atom stereocenters. The first kappa shape index (κ1) is 13.8. The largest absolute Gasteiger partial charge is 0.388 e. The van der Waals surface area contributed by atoms with Crippen molar-refractivity contribution >= 4 is 10.8 Å². The van der Waals surface area contributed by atoms with Gasteiger partial charge in [-0.05, 0) is 35.6 Å². The molecule has 2 aromatic carbocycles. The summed E-state index contributed by atoms with van der Waals surface area (Å²) in [5, 5.41) is 12.7. The van der Waals surface area contributed by atoms with Gasteiger partial charge in [-0.25, -0.2) is 0 Å². The van der Waals surface area contributed by atoms with Crippen molar-refractivity contribution in [3.05, 3.63) is 60.7 Å². The smallest absolute Gasteiger partial charge is 0.0796 e. The van der Waals surface area contributed by atoms with Gasteiger partial charge in [0.2, 0.25) is 0 Å². The number of allylic oxidation sites excluding steroid dienone is 1. The molecular formula is C18H22O. The summed E-state index contributed by atoms with van der Waals surface area (Å²) >= 11 is 0. The summed E-state index contributed by atoms with van der Waals surface area (Å²) in [5.74, 6) is 0. The number of benzene rings is 2. The van der Waals surface area contributed by atoms with Gasteiger partial charge in [0.25, 0.3) is 0 Å². The predicted octanol–water partition coefficient (Wildman–Crippen LogP) is 5.01. The Kier molecular flexibility index (Phi) is 5.17. The molecule has 0 spiro atoms. The maximum absolute atomic E-state index is 10.4. The Hall–Kier alpha value is -1.60. The van der Waals surface area contributed by atoms with Crippen LogP contribution in [0.2, 0.25) is 0 Å². The van der Waals surface area contributed by atoms with Gasteiger partial charge in [-0.15, -0.1) is 6.58 Å². The molecular weight excluding hydrogens is 232 g/mol. The van der Waals surface area contributed by atoms with Gasteiger partial charge >= 0.3 is 0 Å². The van der Waals surface area contributed by atoms with E-state index in [1.54, 1.807) is 0 Å². The molecule has 1 N–H and O–H groups in total. The van der Waals surface area contributed by atoms with E-state index in [-0.39, 0.29) is 6.10 Å². The lowest BCUT2D eigenvalue weighted by Gasteiger charge is -2.13. The summed E-state index contributed by atoms with van der Waals surface area (Å²) < 4.78 is 0. The van der Waals surface area contributed by atoms with Crippen LogP contribution < -0.4 is 0 Å². The van der Waals surface area contributed by atoms with Crippen molar-refractivity contribution < 1.29 is 5.11 Å². The quantitative estimate of drug-likeness (QED) is 0.544. The second-order valence-corrected chi connectivity index (χ2v) is 5.01. The standard InChI is InChI=1S/C18H22O/c1-2-3-4-5-6-14-18(19)17-13-9-11-15-10-7-8-12-16(15)17/h2,7-13,18-19H,1,3-6,14H2. The Morgan fingerprint density at radius 1 is 1.00 bits per heavy atom. The molecule has 0 amide bonds. The van der Waals surface area contributed by atoms with Crippen molar-refractivity contribution in [2.24, 2.45) is 0 Å². The van der Waals surface area contributed by atoms with Crippen LogP contribution in [0.25, 0.3) is 10.8 Å². The third-order valence-electron chi connectivity index (χ3n) is 3.57. The van der Waals surface area contributed by atoms with Gasteiger partial charge in [0.15, 0.2) is 0 Å². The summed E-state index contributed by atoms with van der Waals surface area (Å²) in [7, 11) is 0. The zero-order valence-corrected chi connectivity index (χ0v) is 11.4. The average Bonchev–Trinajstić information content (AvgIpc) is 2.46. The fraction of sp³-hybridized carbons (Fsp3) is 0.333. The summed E-state index contributed by atoms with van der Waals surface area (Å²) in [5.41, 5.74) is 1.06. The number of unbranched alkanes of at least 4 members (excludes halogenated alkanes) is 3. The second kappa shape index (κ2) is 7.10. The fourth-order valence-electron chi connectivity index (χ4n) is 2.50. The van der Waals surface area contributed by atoms with E-state index in [0.29, 0.717) is 0 Å². The van der Waals surface area contributed by atoms with E-state index in [4.69, 9.17) is 0 Å². The lowest BCUT2D eigenvalue weighted by atomic mass is 9.97. The predicted molar refractivity (Wildman–Crippen MR) is 82.2 cm³/mol. The lowest BCUT2D eigenvalue weighted by molar-refractivity contribution is 0.165. The van der Waals surface area contributed by atoms with Crippen LogP contribution >= 0.6 is 0 Å². The van der Waals surface area contributed by atoms with Crippen LogP contribution in [0.1, 0.15) is 43.8 Å². The highest BCUT2D eigenvalue weighted by Crippen LogP contribution is 2.27.